The third kappa shape index (κ3) is 4.40. The molecule has 0 aromatic carbocycles. The summed E-state index contributed by atoms with van der Waals surface area (Å²) in [6.45, 7) is 5.10. The van der Waals surface area contributed by atoms with Crippen molar-refractivity contribution in [3.8, 4) is 10.6 Å². The molecule has 0 aliphatic carbocycles. The lowest BCUT2D eigenvalue weighted by molar-refractivity contribution is -0.137. The van der Waals surface area contributed by atoms with Crippen molar-refractivity contribution in [3.63, 3.8) is 0 Å². The molecular weight excluding hydrogens is 378 g/mol. The summed E-state index contributed by atoms with van der Waals surface area (Å²) in [5.74, 6) is 0.0874. The van der Waals surface area contributed by atoms with Crippen LogP contribution in [0.3, 0.4) is 0 Å². The third-order valence-electron chi connectivity index (χ3n) is 4.23. The van der Waals surface area contributed by atoms with Gasteiger partial charge < -0.3 is 10.2 Å². The van der Waals surface area contributed by atoms with Gasteiger partial charge in [-0.2, -0.15) is 0 Å². The van der Waals surface area contributed by atoms with Gasteiger partial charge in [0.15, 0.2) is 5.13 Å². The van der Waals surface area contributed by atoms with Gasteiger partial charge in [-0.1, -0.05) is 25.4 Å². The highest BCUT2D eigenvalue weighted by Gasteiger charge is 2.28. The highest BCUT2D eigenvalue weighted by atomic mass is 35.5. The van der Waals surface area contributed by atoms with Crippen molar-refractivity contribution >= 4 is 51.2 Å². The lowest BCUT2D eigenvalue weighted by Crippen LogP contribution is -2.43. The summed E-state index contributed by atoms with van der Waals surface area (Å²) in [5, 5.41) is 5.43. The smallest absolute Gasteiger partial charge is 0.229 e. The number of nitrogens with zero attached hydrogens (tertiary/aromatic N) is 2. The van der Waals surface area contributed by atoms with Crippen LogP contribution in [0.1, 0.15) is 26.7 Å². The van der Waals surface area contributed by atoms with Crippen LogP contribution in [0, 0.1) is 11.8 Å². The summed E-state index contributed by atoms with van der Waals surface area (Å²) < 4.78 is 0.719. The maximum atomic E-state index is 12.5. The number of nitrogens with one attached hydrogen (secondary N) is 1. The van der Waals surface area contributed by atoms with Crippen LogP contribution in [0.15, 0.2) is 17.5 Å². The largest absolute Gasteiger partial charge is 0.342 e. The van der Waals surface area contributed by atoms with Gasteiger partial charge in [-0.25, -0.2) is 4.98 Å². The van der Waals surface area contributed by atoms with E-state index in [1.165, 1.54) is 22.7 Å². The van der Waals surface area contributed by atoms with Crippen molar-refractivity contribution in [2.45, 2.75) is 26.7 Å². The summed E-state index contributed by atoms with van der Waals surface area (Å²) >= 11 is 8.83. The van der Waals surface area contributed by atoms with Gasteiger partial charge in [0.05, 0.1) is 14.9 Å². The van der Waals surface area contributed by atoms with Gasteiger partial charge in [0.25, 0.3) is 0 Å². The Morgan fingerprint density at radius 2 is 2.04 bits per heavy atom. The quantitative estimate of drug-likeness (QED) is 0.833. The first kappa shape index (κ1) is 18.4. The topological polar surface area (TPSA) is 62.3 Å². The molecule has 2 amide bonds. The number of piperidine rings is 1. The second kappa shape index (κ2) is 7.85. The number of hydrogen-bond donors (Lipinski definition) is 1. The van der Waals surface area contributed by atoms with Crippen LogP contribution in [0.25, 0.3) is 10.6 Å². The molecule has 5 nitrogen and oxygen atoms in total. The van der Waals surface area contributed by atoms with E-state index in [4.69, 9.17) is 11.6 Å². The number of likely N-dealkylation sites (tertiary alicyclic amines) is 1. The van der Waals surface area contributed by atoms with Gasteiger partial charge >= 0.3 is 0 Å². The van der Waals surface area contributed by atoms with Crippen LogP contribution in [-0.2, 0) is 9.59 Å². The molecule has 1 aliphatic heterocycles. The number of amides is 2. The Balaban J connectivity index is 1.55. The van der Waals surface area contributed by atoms with Crippen LogP contribution in [0.2, 0.25) is 4.34 Å². The lowest BCUT2D eigenvalue weighted by Gasteiger charge is -2.32. The molecule has 1 saturated heterocycles. The van der Waals surface area contributed by atoms with E-state index in [-0.39, 0.29) is 23.7 Å². The highest BCUT2D eigenvalue weighted by molar-refractivity contribution is 7.20. The third-order valence-corrected chi connectivity index (χ3v) is 6.24. The number of thiophene rings is 1. The Morgan fingerprint density at radius 3 is 2.64 bits per heavy atom. The fraction of sp³-hybridized carbons (Fsp3) is 0.471. The van der Waals surface area contributed by atoms with Gasteiger partial charge in [0, 0.05) is 30.3 Å². The SMILES string of the molecule is CC(C)C(=O)N1CCC(C(=O)Nc2nc(-c3ccc(Cl)s3)cs2)CC1. The predicted octanol–water partition coefficient (Wildman–Crippen LogP) is 4.36. The van der Waals surface area contributed by atoms with Crippen molar-refractivity contribution in [2.24, 2.45) is 11.8 Å². The molecule has 0 saturated carbocycles. The molecule has 2 aromatic rings. The minimum atomic E-state index is -0.0697. The van der Waals surface area contributed by atoms with E-state index in [1.54, 1.807) is 0 Å². The Bertz CT molecular complexity index is 764. The molecule has 8 heteroatoms. The van der Waals surface area contributed by atoms with Gasteiger partial charge in [-0.3, -0.25) is 9.59 Å². The van der Waals surface area contributed by atoms with Crippen LogP contribution in [-0.4, -0.2) is 34.8 Å². The minimum absolute atomic E-state index is 0.00451. The lowest BCUT2D eigenvalue weighted by atomic mass is 9.95. The fourth-order valence-corrected chi connectivity index (χ4v) is 4.62. The maximum absolute atomic E-state index is 12.5. The van der Waals surface area contributed by atoms with E-state index in [0.29, 0.717) is 31.1 Å². The summed E-state index contributed by atoms with van der Waals surface area (Å²) in [6, 6.07) is 3.76. The normalized spacial score (nSPS) is 15.6. The monoisotopic (exact) mass is 397 g/mol. The van der Waals surface area contributed by atoms with E-state index >= 15 is 0 Å². The first-order valence-corrected chi connectivity index (χ1v) is 10.3. The number of aromatic nitrogens is 1. The maximum Gasteiger partial charge on any atom is 0.229 e. The molecule has 1 aliphatic rings. The summed E-state index contributed by atoms with van der Waals surface area (Å²) in [5.41, 5.74) is 0.828. The summed E-state index contributed by atoms with van der Waals surface area (Å²) in [4.78, 5) is 31.8. The number of thiazole rings is 1. The molecule has 0 spiro atoms. The summed E-state index contributed by atoms with van der Waals surface area (Å²) in [7, 11) is 0. The Labute approximate surface area is 160 Å². The molecule has 25 heavy (non-hydrogen) atoms. The minimum Gasteiger partial charge on any atom is -0.342 e. The predicted molar refractivity (Wildman–Crippen MR) is 103 cm³/mol. The van der Waals surface area contributed by atoms with Crippen molar-refractivity contribution in [3.05, 3.63) is 21.8 Å². The zero-order valence-corrected chi connectivity index (χ0v) is 16.5. The van der Waals surface area contributed by atoms with Crippen LogP contribution < -0.4 is 5.32 Å². The Morgan fingerprint density at radius 1 is 1.32 bits per heavy atom. The molecule has 134 valence electrons. The van der Waals surface area contributed by atoms with Gasteiger partial charge in [0.2, 0.25) is 11.8 Å². The first-order chi connectivity index (χ1) is 11.9. The summed E-state index contributed by atoms with van der Waals surface area (Å²) in [6.07, 6.45) is 1.39. The Kier molecular flexibility index (Phi) is 5.76. The van der Waals surface area contributed by atoms with Gasteiger partial charge in [-0.05, 0) is 25.0 Å². The fourth-order valence-electron chi connectivity index (χ4n) is 2.83. The van der Waals surface area contributed by atoms with Crippen molar-refractivity contribution in [1.82, 2.24) is 9.88 Å². The Hall–Kier alpha value is -1.44. The number of carbonyl (C=O) groups is 2. The number of anilines is 1. The van der Waals surface area contributed by atoms with Crippen LogP contribution >= 0.6 is 34.3 Å². The second-order valence-electron chi connectivity index (χ2n) is 6.39. The van der Waals surface area contributed by atoms with Crippen molar-refractivity contribution in [1.29, 1.82) is 0 Å². The number of halogens is 1. The molecular formula is C17H20ClN3O2S2. The number of rotatable bonds is 4. The van der Waals surface area contributed by atoms with Gasteiger partial charge in [0.1, 0.15) is 0 Å². The molecule has 0 radical (unpaired) electrons. The van der Waals surface area contributed by atoms with Crippen LogP contribution in [0.4, 0.5) is 5.13 Å². The molecule has 0 unspecified atom stereocenters. The zero-order chi connectivity index (χ0) is 18.0. The van der Waals surface area contributed by atoms with E-state index in [9.17, 15) is 9.59 Å². The highest BCUT2D eigenvalue weighted by Crippen LogP contribution is 2.33. The van der Waals surface area contributed by atoms with E-state index in [0.717, 1.165) is 14.9 Å². The van der Waals surface area contributed by atoms with E-state index in [2.05, 4.69) is 10.3 Å². The molecule has 3 heterocycles. The molecule has 0 bridgehead atoms. The molecule has 3 rings (SSSR count). The standard InChI is InChI=1S/C17H20ClN3O2S2/c1-10(2)16(23)21-7-5-11(6-8-21)15(22)20-17-19-12(9-24-17)13-3-4-14(18)25-13/h3-4,9-11H,5-8H2,1-2H3,(H,19,20,22). The molecule has 1 fully saturated rings. The number of carbonyl (C=O) groups excluding carboxylic acids is 2. The van der Waals surface area contributed by atoms with Crippen molar-refractivity contribution in [2.75, 3.05) is 18.4 Å². The molecule has 1 N–H and O–H groups in total. The van der Waals surface area contributed by atoms with E-state index < -0.39 is 0 Å². The van der Waals surface area contributed by atoms with Gasteiger partial charge in [-0.15, -0.1) is 22.7 Å². The van der Waals surface area contributed by atoms with E-state index in [1.807, 2.05) is 36.3 Å². The van der Waals surface area contributed by atoms with Crippen LogP contribution in [0.5, 0.6) is 0 Å². The average Bonchev–Trinajstić information content (AvgIpc) is 3.23. The zero-order valence-electron chi connectivity index (χ0n) is 14.1. The second-order valence-corrected chi connectivity index (χ2v) is 8.96. The van der Waals surface area contributed by atoms with Crippen molar-refractivity contribution < 1.29 is 9.59 Å². The molecule has 0 atom stereocenters. The molecule has 2 aromatic heterocycles. The number of hydrogen-bond acceptors (Lipinski definition) is 5. The first-order valence-electron chi connectivity index (χ1n) is 8.25. The average molecular weight is 398 g/mol.